The van der Waals surface area contributed by atoms with Gasteiger partial charge in [-0.2, -0.15) is 9.37 Å². The molecule has 4 aromatic rings. The van der Waals surface area contributed by atoms with Gasteiger partial charge in [0.2, 0.25) is 5.82 Å². The number of hydrogen-bond acceptors (Lipinski definition) is 7. The molecule has 11 heteroatoms. The number of hydrogen-bond donors (Lipinski definition) is 1. The summed E-state index contributed by atoms with van der Waals surface area (Å²) < 4.78 is 52.2. The quantitative estimate of drug-likeness (QED) is 0.408. The van der Waals surface area contributed by atoms with Gasteiger partial charge >= 0.3 is 0 Å². The van der Waals surface area contributed by atoms with Gasteiger partial charge in [0.25, 0.3) is 5.88 Å². The van der Waals surface area contributed by atoms with Gasteiger partial charge in [-0.3, -0.25) is 0 Å². The maximum Gasteiger partial charge on any atom is 0.261 e. The summed E-state index contributed by atoms with van der Waals surface area (Å²) in [6.07, 6.45) is 2.78. The van der Waals surface area contributed by atoms with Gasteiger partial charge < -0.3 is 24.4 Å². The number of piperazine rings is 1. The smallest absolute Gasteiger partial charge is 0.261 e. The lowest BCUT2D eigenvalue weighted by Crippen LogP contribution is -2.44. The van der Waals surface area contributed by atoms with Crippen molar-refractivity contribution in [2.75, 3.05) is 43.4 Å². The van der Waals surface area contributed by atoms with E-state index in [9.17, 15) is 4.39 Å². The minimum Gasteiger partial charge on any atom is -0.433 e. The van der Waals surface area contributed by atoms with E-state index in [0.29, 0.717) is 18.1 Å². The van der Waals surface area contributed by atoms with Crippen molar-refractivity contribution < 1.29 is 17.9 Å². The average molecular weight is 498 g/mol. The van der Waals surface area contributed by atoms with Crippen LogP contribution in [0, 0.1) is 24.4 Å². The summed E-state index contributed by atoms with van der Waals surface area (Å²) in [5, 5.41) is 2.85. The van der Waals surface area contributed by atoms with Gasteiger partial charge in [-0.25, -0.2) is 18.7 Å². The third-order valence-electron chi connectivity index (χ3n) is 6.38. The lowest BCUT2D eigenvalue weighted by Gasteiger charge is -2.33. The second-order valence-electron chi connectivity index (χ2n) is 8.72. The first-order chi connectivity index (χ1) is 17.4. The standard InChI is InChI=1S/C25H26F3N7O/c1-4-35-15(2)11-17-21(27)19(12-18(26)23(17)35)36-25-22(28)24(30-14-31-25)32-20-6-5-16(13-29-20)34-9-7-33(3)8-10-34/h5-6,11-14H,4,7-10H2,1-3H3,(H,29,30,31,32). The number of aryl methyl sites for hydroxylation is 2. The van der Waals surface area contributed by atoms with Crippen molar-refractivity contribution in [2.45, 2.75) is 20.4 Å². The Kier molecular flexibility index (Phi) is 6.40. The number of benzene rings is 1. The molecular formula is C25H26F3N7O. The summed E-state index contributed by atoms with van der Waals surface area (Å²) >= 11 is 0. The third kappa shape index (κ3) is 4.41. The van der Waals surface area contributed by atoms with Gasteiger partial charge in [-0.15, -0.1) is 0 Å². The second kappa shape index (κ2) is 9.65. The van der Waals surface area contributed by atoms with E-state index in [-0.39, 0.29) is 16.7 Å². The fourth-order valence-corrected chi connectivity index (χ4v) is 4.41. The highest BCUT2D eigenvalue weighted by Crippen LogP contribution is 2.35. The Morgan fingerprint density at radius 1 is 1.00 bits per heavy atom. The number of aromatic nitrogens is 4. The lowest BCUT2D eigenvalue weighted by atomic mass is 10.2. The molecule has 1 N–H and O–H groups in total. The molecule has 0 spiro atoms. The Labute approximate surface area is 206 Å². The molecule has 3 aromatic heterocycles. The van der Waals surface area contributed by atoms with Crippen LogP contribution in [0.15, 0.2) is 36.8 Å². The summed E-state index contributed by atoms with van der Waals surface area (Å²) in [5.74, 6) is -3.26. The summed E-state index contributed by atoms with van der Waals surface area (Å²) in [7, 11) is 2.09. The molecule has 8 nitrogen and oxygen atoms in total. The van der Waals surface area contributed by atoms with E-state index in [2.05, 4.69) is 37.1 Å². The van der Waals surface area contributed by atoms with Crippen LogP contribution >= 0.6 is 0 Å². The Balaban J connectivity index is 1.37. The Morgan fingerprint density at radius 2 is 1.78 bits per heavy atom. The summed E-state index contributed by atoms with van der Waals surface area (Å²) in [6, 6.07) is 6.05. The molecule has 4 heterocycles. The van der Waals surface area contributed by atoms with Crippen molar-refractivity contribution in [3.05, 3.63) is 59.9 Å². The number of likely N-dealkylation sites (N-methyl/N-ethyl adjacent to an activating group) is 1. The van der Waals surface area contributed by atoms with Crippen molar-refractivity contribution in [1.29, 1.82) is 0 Å². The molecule has 0 amide bonds. The number of rotatable bonds is 6. The van der Waals surface area contributed by atoms with Crippen molar-refractivity contribution in [3.8, 4) is 11.6 Å². The topological polar surface area (TPSA) is 71.3 Å². The number of nitrogens with one attached hydrogen (secondary N) is 1. The summed E-state index contributed by atoms with van der Waals surface area (Å²) in [4.78, 5) is 16.5. The third-order valence-corrected chi connectivity index (χ3v) is 6.38. The average Bonchev–Trinajstić information content (AvgIpc) is 3.22. The fourth-order valence-electron chi connectivity index (χ4n) is 4.41. The zero-order valence-electron chi connectivity index (χ0n) is 20.2. The van der Waals surface area contributed by atoms with E-state index in [4.69, 9.17) is 4.74 Å². The summed E-state index contributed by atoms with van der Waals surface area (Å²) in [6.45, 7) is 7.82. The number of anilines is 3. The van der Waals surface area contributed by atoms with Gasteiger partial charge in [0.1, 0.15) is 12.1 Å². The van der Waals surface area contributed by atoms with Gasteiger partial charge in [0, 0.05) is 49.9 Å². The van der Waals surface area contributed by atoms with E-state index in [0.717, 1.165) is 44.3 Å². The van der Waals surface area contributed by atoms with Gasteiger partial charge in [0.05, 0.1) is 17.4 Å². The van der Waals surface area contributed by atoms with E-state index >= 15 is 8.78 Å². The van der Waals surface area contributed by atoms with Crippen LogP contribution in [0.3, 0.4) is 0 Å². The van der Waals surface area contributed by atoms with E-state index < -0.39 is 29.1 Å². The number of nitrogens with zero attached hydrogens (tertiary/aromatic N) is 6. The van der Waals surface area contributed by atoms with Crippen molar-refractivity contribution >= 4 is 28.2 Å². The highest BCUT2D eigenvalue weighted by atomic mass is 19.1. The highest BCUT2D eigenvalue weighted by molar-refractivity contribution is 5.84. The second-order valence-corrected chi connectivity index (χ2v) is 8.72. The number of halogens is 3. The Morgan fingerprint density at radius 3 is 2.47 bits per heavy atom. The first-order valence-electron chi connectivity index (χ1n) is 11.7. The van der Waals surface area contributed by atoms with Crippen molar-refractivity contribution in [3.63, 3.8) is 0 Å². The Bertz CT molecular complexity index is 1400. The molecule has 1 aromatic carbocycles. The van der Waals surface area contributed by atoms with Crippen molar-refractivity contribution in [2.24, 2.45) is 0 Å². The molecule has 0 aliphatic carbocycles. The maximum absolute atomic E-state index is 15.2. The van der Waals surface area contributed by atoms with Crippen LogP contribution in [-0.2, 0) is 6.54 Å². The molecule has 1 saturated heterocycles. The van der Waals surface area contributed by atoms with Gasteiger partial charge in [-0.1, -0.05) is 0 Å². The largest absolute Gasteiger partial charge is 0.433 e. The molecule has 1 aliphatic heterocycles. The molecule has 0 unspecified atom stereocenters. The Hall–Kier alpha value is -3.86. The van der Waals surface area contributed by atoms with Crippen LogP contribution in [0.5, 0.6) is 11.6 Å². The first-order valence-corrected chi connectivity index (χ1v) is 11.7. The summed E-state index contributed by atoms with van der Waals surface area (Å²) in [5.41, 5.74) is 1.81. The molecular weight excluding hydrogens is 471 g/mol. The van der Waals surface area contributed by atoms with Crippen LogP contribution in [0.1, 0.15) is 12.6 Å². The molecule has 0 radical (unpaired) electrons. The minimum absolute atomic E-state index is 0.0572. The number of pyridine rings is 1. The number of ether oxygens (including phenoxy) is 1. The molecule has 5 rings (SSSR count). The van der Waals surface area contributed by atoms with E-state index in [1.165, 1.54) is 6.07 Å². The van der Waals surface area contributed by atoms with Gasteiger partial charge in [0.15, 0.2) is 23.2 Å². The van der Waals surface area contributed by atoms with Crippen molar-refractivity contribution in [1.82, 2.24) is 24.4 Å². The first kappa shape index (κ1) is 23.9. The van der Waals surface area contributed by atoms with Crippen LogP contribution in [0.4, 0.5) is 30.5 Å². The molecule has 188 valence electrons. The normalized spacial score (nSPS) is 14.4. The lowest BCUT2D eigenvalue weighted by molar-refractivity contribution is 0.313. The minimum atomic E-state index is -0.954. The van der Waals surface area contributed by atoms with Gasteiger partial charge in [-0.05, 0) is 39.1 Å². The molecule has 0 bridgehead atoms. The van der Waals surface area contributed by atoms with Crippen LogP contribution in [-0.4, -0.2) is 57.6 Å². The fraction of sp³-hybridized carbons (Fsp3) is 0.320. The van der Waals surface area contributed by atoms with Crippen LogP contribution in [0.25, 0.3) is 10.9 Å². The predicted octanol–water partition coefficient (Wildman–Crippen LogP) is 4.86. The maximum atomic E-state index is 15.2. The molecule has 1 aliphatic rings. The molecule has 36 heavy (non-hydrogen) atoms. The molecule has 1 fully saturated rings. The van der Waals surface area contributed by atoms with Crippen LogP contribution < -0.4 is 15.0 Å². The van der Waals surface area contributed by atoms with E-state index in [1.807, 2.05) is 13.0 Å². The van der Waals surface area contributed by atoms with E-state index in [1.54, 1.807) is 23.8 Å². The zero-order chi connectivity index (χ0) is 25.4. The molecule has 0 saturated carbocycles. The zero-order valence-corrected chi connectivity index (χ0v) is 20.2. The number of fused-ring (bicyclic) bond motifs is 1. The monoisotopic (exact) mass is 497 g/mol. The SMILES string of the molecule is CCn1c(C)cc2c(F)c(Oc3ncnc(Nc4ccc(N5CCN(C)CC5)cn4)c3F)cc(F)c21. The highest BCUT2D eigenvalue weighted by Gasteiger charge is 2.22. The predicted molar refractivity (Wildman–Crippen MR) is 132 cm³/mol. The molecule has 0 atom stereocenters. The van der Waals surface area contributed by atoms with Crippen LogP contribution in [0.2, 0.25) is 0 Å².